The highest BCUT2D eigenvalue weighted by molar-refractivity contribution is 5.39. The molecule has 0 amide bonds. The molecule has 0 saturated heterocycles. The van der Waals surface area contributed by atoms with Crippen LogP contribution < -0.4 is 10.1 Å². The van der Waals surface area contributed by atoms with Crippen LogP contribution in [-0.4, -0.2) is 13.2 Å². The Hall–Kier alpha value is -1.02. The molecule has 0 saturated carbocycles. The van der Waals surface area contributed by atoms with Crippen molar-refractivity contribution in [2.24, 2.45) is 5.41 Å². The average Bonchev–Trinajstić information content (AvgIpc) is 2.70. The number of ether oxygens (including phenoxy) is 1. The van der Waals surface area contributed by atoms with Crippen molar-refractivity contribution < 1.29 is 4.74 Å². The van der Waals surface area contributed by atoms with Gasteiger partial charge in [0.2, 0.25) is 0 Å². The van der Waals surface area contributed by atoms with Crippen LogP contribution in [-0.2, 0) is 13.0 Å². The first-order valence-corrected chi connectivity index (χ1v) is 6.50. The molecule has 0 spiro atoms. The highest BCUT2D eigenvalue weighted by Crippen LogP contribution is 2.25. The molecule has 1 heterocycles. The summed E-state index contributed by atoms with van der Waals surface area (Å²) in [6.45, 7) is 9.72. The minimum atomic E-state index is 0.415. The molecule has 2 nitrogen and oxygen atoms in total. The smallest absolute Gasteiger partial charge is 0.122 e. The standard InChI is InChI=1S/C15H23NO/c1-15(2,3)7-8-16-11-12-4-5-14-13(10-12)6-9-17-14/h4-5,10,16H,6-9,11H2,1-3H3. The summed E-state index contributed by atoms with van der Waals surface area (Å²) in [6.07, 6.45) is 2.27. The molecule has 2 rings (SSSR count). The second-order valence-corrected chi connectivity index (χ2v) is 6.03. The van der Waals surface area contributed by atoms with Crippen LogP contribution in [0, 0.1) is 5.41 Å². The largest absolute Gasteiger partial charge is 0.493 e. The second-order valence-electron chi connectivity index (χ2n) is 6.03. The molecule has 1 aliphatic heterocycles. The van der Waals surface area contributed by atoms with Gasteiger partial charge < -0.3 is 10.1 Å². The topological polar surface area (TPSA) is 21.3 Å². The third-order valence-electron chi connectivity index (χ3n) is 3.13. The third-order valence-corrected chi connectivity index (χ3v) is 3.13. The maximum absolute atomic E-state index is 5.50. The Morgan fingerprint density at radius 3 is 2.88 bits per heavy atom. The van der Waals surface area contributed by atoms with E-state index in [2.05, 4.69) is 44.3 Å². The second kappa shape index (κ2) is 5.09. The van der Waals surface area contributed by atoms with Gasteiger partial charge in [-0.3, -0.25) is 0 Å². The van der Waals surface area contributed by atoms with Gasteiger partial charge in [-0.25, -0.2) is 0 Å². The van der Waals surface area contributed by atoms with Crippen LogP contribution in [0.2, 0.25) is 0 Å². The molecular weight excluding hydrogens is 210 g/mol. The van der Waals surface area contributed by atoms with Gasteiger partial charge in [0.25, 0.3) is 0 Å². The van der Waals surface area contributed by atoms with E-state index in [4.69, 9.17) is 4.74 Å². The first-order chi connectivity index (χ1) is 8.04. The Morgan fingerprint density at radius 1 is 1.29 bits per heavy atom. The molecule has 0 aliphatic carbocycles. The summed E-state index contributed by atoms with van der Waals surface area (Å²) in [5.41, 5.74) is 3.14. The Kier molecular flexibility index (Phi) is 3.72. The summed E-state index contributed by atoms with van der Waals surface area (Å²) in [7, 11) is 0. The van der Waals surface area contributed by atoms with Crippen LogP contribution in [0.15, 0.2) is 18.2 Å². The summed E-state index contributed by atoms with van der Waals surface area (Å²) in [6, 6.07) is 6.53. The van der Waals surface area contributed by atoms with Crippen LogP contribution in [0.25, 0.3) is 0 Å². The maximum Gasteiger partial charge on any atom is 0.122 e. The Labute approximate surface area is 104 Å². The Balaban J connectivity index is 1.80. The lowest BCUT2D eigenvalue weighted by Crippen LogP contribution is -2.20. The Bertz CT molecular complexity index is 379. The number of nitrogens with one attached hydrogen (secondary N) is 1. The summed E-state index contributed by atoms with van der Waals surface area (Å²) >= 11 is 0. The van der Waals surface area contributed by atoms with Crippen molar-refractivity contribution in [1.82, 2.24) is 5.32 Å². The zero-order valence-electron chi connectivity index (χ0n) is 11.2. The van der Waals surface area contributed by atoms with Crippen LogP contribution in [0.1, 0.15) is 38.3 Å². The molecule has 1 aromatic carbocycles. The van der Waals surface area contributed by atoms with Crippen molar-refractivity contribution in [2.45, 2.75) is 40.2 Å². The van der Waals surface area contributed by atoms with Gasteiger partial charge in [0.05, 0.1) is 6.61 Å². The van der Waals surface area contributed by atoms with Crippen molar-refractivity contribution in [3.8, 4) is 5.75 Å². The van der Waals surface area contributed by atoms with Crippen LogP contribution in [0.3, 0.4) is 0 Å². The fourth-order valence-corrected chi connectivity index (χ4v) is 2.05. The quantitative estimate of drug-likeness (QED) is 0.807. The molecule has 2 heteroatoms. The average molecular weight is 233 g/mol. The number of hydrogen-bond acceptors (Lipinski definition) is 2. The molecular formula is C15H23NO. The summed E-state index contributed by atoms with van der Waals surface area (Å²) < 4.78 is 5.50. The first kappa shape index (κ1) is 12.4. The predicted molar refractivity (Wildman–Crippen MR) is 71.4 cm³/mol. The van der Waals surface area contributed by atoms with Crippen LogP contribution in [0.4, 0.5) is 0 Å². The van der Waals surface area contributed by atoms with Crippen molar-refractivity contribution >= 4 is 0 Å². The molecule has 94 valence electrons. The van der Waals surface area contributed by atoms with E-state index in [1.807, 2.05) is 0 Å². The first-order valence-electron chi connectivity index (χ1n) is 6.50. The van der Waals surface area contributed by atoms with E-state index >= 15 is 0 Å². The van der Waals surface area contributed by atoms with E-state index in [1.54, 1.807) is 0 Å². The Morgan fingerprint density at radius 2 is 2.12 bits per heavy atom. The zero-order valence-corrected chi connectivity index (χ0v) is 11.2. The van der Waals surface area contributed by atoms with E-state index in [1.165, 1.54) is 17.5 Å². The SMILES string of the molecule is CC(C)(C)CCNCc1ccc2c(c1)CCO2. The van der Waals surface area contributed by atoms with Crippen LogP contribution in [0.5, 0.6) is 5.75 Å². The van der Waals surface area contributed by atoms with Gasteiger partial charge >= 0.3 is 0 Å². The minimum Gasteiger partial charge on any atom is -0.493 e. The minimum absolute atomic E-state index is 0.415. The molecule has 17 heavy (non-hydrogen) atoms. The molecule has 0 aromatic heterocycles. The highest BCUT2D eigenvalue weighted by atomic mass is 16.5. The predicted octanol–water partition coefficient (Wildman–Crippen LogP) is 3.15. The molecule has 0 fully saturated rings. The van der Waals surface area contributed by atoms with Gasteiger partial charge in [-0.15, -0.1) is 0 Å². The number of hydrogen-bond donors (Lipinski definition) is 1. The van der Waals surface area contributed by atoms with Gasteiger partial charge in [-0.2, -0.15) is 0 Å². The normalized spacial score (nSPS) is 14.5. The van der Waals surface area contributed by atoms with E-state index in [9.17, 15) is 0 Å². The van der Waals surface area contributed by atoms with E-state index in [0.29, 0.717) is 5.41 Å². The zero-order chi connectivity index (χ0) is 12.3. The van der Waals surface area contributed by atoms with E-state index < -0.39 is 0 Å². The lowest BCUT2D eigenvalue weighted by molar-refractivity contribution is 0.356. The maximum atomic E-state index is 5.50. The fourth-order valence-electron chi connectivity index (χ4n) is 2.05. The molecule has 0 bridgehead atoms. The van der Waals surface area contributed by atoms with Crippen molar-refractivity contribution in [2.75, 3.05) is 13.2 Å². The third kappa shape index (κ3) is 3.74. The van der Waals surface area contributed by atoms with Crippen LogP contribution >= 0.6 is 0 Å². The van der Waals surface area contributed by atoms with E-state index in [0.717, 1.165) is 31.9 Å². The number of rotatable bonds is 4. The summed E-state index contributed by atoms with van der Waals surface area (Å²) in [5.74, 6) is 1.07. The fraction of sp³-hybridized carbons (Fsp3) is 0.600. The summed E-state index contributed by atoms with van der Waals surface area (Å²) in [5, 5.41) is 3.51. The van der Waals surface area contributed by atoms with Crippen molar-refractivity contribution in [3.05, 3.63) is 29.3 Å². The van der Waals surface area contributed by atoms with Gasteiger partial charge in [0, 0.05) is 13.0 Å². The highest BCUT2D eigenvalue weighted by Gasteiger charge is 2.12. The molecule has 1 aromatic rings. The van der Waals surface area contributed by atoms with Gasteiger partial charge in [-0.05, 0) is 35.6 Å². The van der Waals surface area contributed by atoms with Crippen molar-refractivity contribution in [3.63, 3.8) is 0 Å². The number of benzene rings is 1. The number of fused-ring (bicyclic) bond motifs is 1. The lowest BCUT2D eigenvalue weighted by atomic mass is 9.92. The van der Waals surface area contributed by atoms with Gasteiger partial charge in [-0.1, -0.05) is 32.9 Å². The van der Waals surface area contributed by atoms with Gasteiger partial charge in [0.15, 0.2) is 0 Å². The van der Waals surface area contributed by atoms with Crippen molar-refractivity contribution in [1.29, 1.82) is 0 Å². The monoisotopic (exact) mass is 233 g/mol. The molecule has 0 atom stereocenters. The molecule has 0 unspecified atom stereocenters. The molecule has 1 N–H and O–H groups in total. The molecule has 0 radical (unpaired) electrons. The summed E-state index contributed by atoms with van der Waals surface area (Å²) in [4.78, 5) is 0. The van der Waals surface area contributed by atoms with Gasteiger partial charge in [0.1, 0.15) is 5.75 Å². The lowest BCUT2D eigenvalue weighted by Gasteiger charge is -2.18. The molecule has 1 aliphatic rings. The van der Waals surface area contributed by atoms with E-state index in [-0.39, 0.29) is 0 Å².